The van der Waals surface area contributed by atoms with Crippen LogP contribution in [-0.2, 0) is 14.9 Å². The van der Waals surface area contributed by atoms with Crippen molar-refractivity contribution in [3.8, 4) is 5.75 Å². The van der Waals surface area contributed by atoms with Crippen LogP contribution in [0.4, 0.5) is 0 Å². The number of hydrogen-bond donors (Lipinski definition) is 0. The highest BCUT2D eigenvalue weighted by molar-refractivity contribution is 6.41. The summed E-state index contributed by atoms with van der Waals surface area (Å²) in [6.07, 6.45) is 0. The van der Waals surface area contributed by atoms with E-state index in [1.54, 1.807) is 19.1 Å². The Morgan fingerprint density at radius 3 is 2.32 bits per heavy atom. The molecule has 0 saturated heterocycles. The molecule has 104 valence electrons. The number of methoxy groups -OCH3 is 1. The van der Waals surface area contributed by atoms with Crippen molar-refractivity contribution in [1.29, 1.82) is 0 Å². The molecule has 0 spiro atoms. The predicted molar refractivity (Wildman–Crippen MR) is 72.7 cm³/mol. The first-order chi connectivity index (χ1) is 8.82. The smallest absolute Gasteiger partial charge is 0.379 e. The molecular formula is C15H20O4. The van der Waals surface area contributed by atoms with E-state index in [4.69, 9.17) is 9.47 Å². The summed E-state index contributed by atoms with van der Waals surface area (Å²) < 4.78 is 10.1. The molecule has 0 aliphatic rings. The molecule has 19 heavy (non-hydrogen) atoms. The van der Waals surface area contributed by atoms with Gasteiger partial charge in [-0.2, -0.15) is 0 Å². The van der Waals surface area contributed by atoms with Gasteiger partial charge < -0.3 is 9.47 Å². The monoisotopic (exact) mass is 264 g/mol. The third-order valence-electron chi connectivity index (χ3n) is 2.73. The Balaban J connectivity index is 3.30. The summed E-state index contributed by atoms with van der Waals surface area (Å²) >= 11 is 0. The minimum atomic E-state index is -0.855. The molecule has 1 rings (SSSR count). The minimum absolute atomic E-state index is 0.172. The molecule has 0 amide bonds. The van der Waals surface area contributed by atoms with Crippen LogP contribution >= 0.6 is 0 Å². The van der Waals surface area contributed by atoms with Crippen LogP contribution in [0.25, 0.3) is 0 Å². The number of rotatable bonds is 4. The van der Waals surface area contributed by atoms with Crippen LogP contribution in [0.1, 0.15) is 43.6 Å². The fourth-order valence-electron chi connectivity index (χ4n) is 1.83. The van der Waals surface area contributed by atoms with E-state index in [0.29, 0.717) is 5.75 Å². The van der Waals surface area contributed by atoms with E-state index in [2.05, 4.69) is 0 Å². The zero-order valence-corrected chi connectivity index (χ0v) is 12.1. The number of ketones is 1. The van der Waals surface area contributed by atoms with Gasteiger partial charge in [-0.15, -0.1) is 0 Å². The fourth-order valence-corrected chi connectivity index (χ4v) is 1.83. The Hall–Kier alpha value is -1.84. The lowest BCUT2D eigenvalue weighted by Crippen LogP contribution is -2.20. The van der Waals surface area contributed by atoms with Crippen molar-refractivity contribution in [3.63, 3.8) is 0 Å². The lowest BCUT2D eigenvalue weighted by Gasteiger charge is -2.23. The molecule has 0 radical (unpaired) electrons. The molecule has 0 aliphatic heterocycles. The lowest BCUT2D eigenvalue weighted by atomic mass is 9.84. The SMILES string of the molecule is CCOC(=O)C(=O)c1cccc(C(C)(C)C)c1OC. The van der Waals surface area contributed by atoms with E-state index >= 15 is 0 Å². The summed E-state index contributed by atoms with van der Waals surface area (Å²) in [6, 6.07) is 5.21. The van der Waals surface area contributed by atoms with Crippen molar-refractivity contribution >= 4 is 11.8 Å². The van der Waals surface area contributed by atoms with Crippen molar-refractivity contribution in [2.24, 2.45) is 0 Å². The van der Waals surface area contributed by atoms with Gasteiger partial charge in [0, 0.05) is 5.56 Å². The normalized spacial score (nSPS) is 11.0. The molecule has 0 heterocycles. The van der Waals surface area contributed by atoms with Gasteiger partial charge in [-0.3, -0.25) is 4.79 Å². The van der Waals surface area contributed by atoms with Gasteiger partial charge in [0.2, 0.25) is 0 Å². The summed E-state index contributed by atoms with van der Waals surface area (Å²) in [5.74, 6) is -1.09. The number of ether oxygens (including phenoxy) is 2. The molecule has 4 heteroatoms. The van der Waals surface area contributed by atoms with Gasteiger partial charge in [0.25, 0.3) is 5.78 Å². The largest absolute Gasteiger partial charge is 0.496 e. The van der Waals surface area contributed by atoms with Gasteiger partial charge in [0.1, 0.15) is 5.75 Å². The molecule has 0 unspecified atom stereocenters. The zero-order chi connectivity index (χ0) is 14.6. The highest BCUT2D eigenvalue weighted by atomic mass is 16.5. The van der Waals surface area contributed by atoms with Gasteiger partial charge in [0.05, 0.1) is 19.3 Å². The lowest BCUT2D eigenvalue weighted by molar-refractivity contribution is -0.137. The third-order valence-corrected chi connectivity index (χ3v) is 2.73. The maximum Gasteiger partial charge on any atom is 0.379 e. The van der Waals surface area contributed by atoms with Crippen molar-refractivity contribution in [3.05, 3.63) is 29.3 Å². The minimum Gasteiger partial charge on any atom is -0.496 e. The Kier molecular flexibility index (Phi) is 4.70. The van der Waals surface area contributed by atoms with Crippen LogP contribution < -0.4 is 4.74 Å². The number of para-hydroxylation sites is 1. The van der Waals surface area contributed by atoms with Crippen LogP contribution in [0.2, 0.25) is 0 Å². The Morgan fingerprint density at radius 1 is 1.21 bits per heavy atom. The first kappa shape index (κ1) is 15.2. The Morgan fingerprint density at radius 2 is 1.84 bits per heavy atom. The summed E-state index contributed by atoms with van der Waals surface area (Å²) in [5.41, 5.74) is 0.939. The van der Waals surface area contributed by atoms with E-state index in [1.807, 2.05) is 26.8 Å². The van der Waals surface area contributed by atoms with E-state index in [9.17, 15) is 9.59 Å². The first-order valence-corrected chi connectivity index (χ1v) is 6.21. The number of carbonyl (C=O) groups is 2. The van der Waals surface area contributed by atoms with Gasteiger partial charge >= 0.3 is 5.97 Å². The van der Waals surface area contributed by atoms with E-state index < -0.39 is 11.8 Å². The molecule has 0 saturated carbocycles. The van der Waals surface area contributed by atoms with E-state index in [-0.39, 0.29) is 17.6 Å². The van der Waals surface area contributed by atoms with Crippen LogP contribution in [0.3, 0.4) is 0 Å². The van der Waals surface area contributed by atoms with Gasteiger partial charge in [-0.25, -0.2) is 4.79 Å². The number of esters is 1. The standard InChI is InChI=1S/C15H20O4/c1-6-19-14(17)12(16)10-8-7-9-11(13(10)18-5)15(2,3)4/h7-9H,6H2,1-5H3. The number of hydrogen-bond acceptors (Lipinski definition) is 4. The van der Waals surface area contributed by atoms with Gasteiger partial charge in [-0.1, -0.05) is 32.9 Å². The van der Waals surface area contributed by atoms with E-state index in [0.717, 1.165) is 5.56 Å². The third kappa shape index (κ3) is 3.34. The molecule has 0 aliphatic carbocycles. The second-order valence-corrected chi connectivity index (χ2v) is 5.19. The van der Waals surface area contributed by atoms with Crippen molar-refractivity contribution in [2.45, 2.75) is 33.1 Å². The van der Waals surface area contributed by atoms with Crippen LogP contribution in [-0.4, -0.2) is 25.5 Å². The summed E-state index contributed by atoms with van der Waals surface area (Å²) in [4.78, 5) is 23.6. The maximum atomic E-state index is 12.0. The molecule has 0 bridgehead atoms. The molecule has 0 aromatic heterocycles. The molecular weight excluding hydrogens is 244 g/mol. The van der Waals surface area contributed by atoms with Crippen LogP contribution in [0, 0.1) is 0 Å². The first-order valence-electron chi connectivity index (χ1n) is 6.21. The molecule has 0 atom stereocenters. The highest BCUT2D eigenvalue weighted by Crippen LogP contribution is 2.34. The molecule has 4 nitrogen and oxygen atoms in total. The molecule has 1 aromatic rings. The highest BCUT2D eigenvalue weighted by Gasteiger charge is 2.27. The summed E-state index contributed by atoms with van der Waals surface area (Å²) in [7, 11) is 1.49. The summed E-state index contributed by atoms with van der Waals surface area (Å²) in [6.45, 7) is 7.89. The number of Topliss-reactive ketones (excluding diaryl/α,β-unsaturated/α-hetero) is 1. The topological polar surface area (TPSA) is 52.6 Å². The average molecular weight is 264 g/mol. The Bertz CT molecular complexity index is 483. The van der Waals surface area contributed by atoms with E-state index in [1.165, 1.54) is 7.11 Å². The maximum absolute atomic E-state index is 12.0. The second-order valence-electron chi connectivity index (χ2n) is 5.19. The van der Waals surface area contributed by atoms with Gasteiger partial charge in [0.15, 0.2) is 0 Å². The quantitative estimate of drug-likeness (QED) is 0.476. The summed E-state index contributed by atoms with van der Waals surface area (Å²) in [5, 5.41) is 0. The second kappa shape index (κ2) is 5.87. The number of benzene rings is 1. The molecule has 1 aromatic carbocycles. The Labute approximate surface area is 113 Å². The molecule has 0 fully saturated rings. The van der Waals surface area contributed by atoms with Crippen molar-refractivity contribution in [1.82, 2.24) is 0 Å². The predicted octanol–water partition coefficient (Wildman–Crippen LogP) is 2.74. The van der Waals surface area contributed by atoms with Crippen LogP contribution in [0.5, 0.6) is 5.75 Å². The average Bonchev–Trinajstić information content (AvgIpc) is 2.36. The van der Waals surface area contributed by atoms with Crippen molar-refractivity contribution < 1.29 is 19.1 Å². The fraction of sp³-hybridized carbons (Fsp3) is 0.467. The number of carbonyl (C=O) groups excluding carboxylic acids is 2. The van der Waals surface area contributed by atoms with Crippen molar-refractivity contribution in [2.75, 3.05) is 13.7 Å². The van der Waals surface area contributed by atoms with Gasteiger partial charge in [-0.05, 0) is 18.4 Å². The van der Waals surface area contributed by atoms with Crippen LogP contribution in [0.15, 0.2) is 18.2 Å². The zero-order valence-electron chi connectivity index (χ0n) is 12.1. The molecule has 0 N–H and O–H groups in total.